The molecule has 1 aromatic rings. The van der Waals surface area contributed by atoms with E-state index in [4.69, 9.17) is 9.32 Å². The van der Waals surface area contributed by atoms with E-state index in [1.807, 2.05) is 6.92 Å². The zero-order chi connectivity index (χ0) is 20.0. The molecular weight excluding hydrogens is 378 g/mol. The summed E-state index contributed by atoms with van der Waals surface area (Å²) in [6.07, 6.45) is 0.844. The Bertz CT molecular complexity index is 787. The summed E-state index contributed by atoms with van der Waals surface area (Å²) in [5.41, 5.74) is 0.919. The molecule has 0 radical (unpaired) electrons. The number of aliphatic hydroxyl groups is 1. The van der Waals surface area contributed by atoms with Gasteiger partial charge in [0.1, 0.15) is 0 Å². The molecule has 7 nitrogen and oxygen atoms in total. The molecule has 0 aliphatic carbocycles. The van der Waals surface area contributed by atoms with E-state index in [9.17, 15) is 21.9 Å². The molecular formula is C17H27NO6S2. The number of aliphatic hydroxyl groups excluding tert-OH is 1. The first-order valence-corrected chi connectivity index (χ1v) is 11.3. The van der Waals surface area contributed by atoms with Gasteiger partial charge < -0.3 is 5.11 Å². The maximum atomic E-state index is 12.1. The number of primary sulfonamides is 1. The number of rotatable bonds is 11. The lowest BCUT2D eigenvalue weighted by Gasteiger charge is -2.23. The van der Waals surface area contributed by atoms with Crippen molar-refractivity contribution in [3.63, 3.8) is 0 Å². The predicted molar refractivity (Wildman–Crippen MR) is 100 cm³/mol. The van der Waals surface area contributed by atoms with Crippen molar-refractivity contribution in [1.29, 1.82) is 0 Å². The van der Waals surface area contributed by atoms with Crippen molar-refractivity contribution >= 4 is 20.1 Å². The van der Waals surface area contributed by atoms with E-state index in [1.165, 1.54) is 12.1 Å². The Kier molecular flexibility index (Phi) is 8.42. The van der Waals surface area contributed by atoms with Gasteiger partial charge in [0.2, 0.25) is 10.0 Å². The van der Waals surface area contributed by atoms with E-state index >= 15 is 0 Å². The fraction of sp³-hybridized carbons (Fsp3) is 0.529. The molecule has 9 heteroatoms. The van der Waals surface area contributed by atoms with Crippen LogP contribution in [0, 0.1) is 12.8 Å². The largest absolute Gasteiger partial charge is 0.393 e. The summed E-state index contributed by atoms with van der Waals surface area (Å²) < 4.78 is 52.5. The first kappa shape index (κ1) is 22.8. The Morgan fingerprint density at radius 3 is 2.31 bits per heavy atom. The quantitative estimate of drug-likeness (QED) is 0.427. The van der Waals surface area contributed by atoms with Crippen LogP contribution in [0.25, 0.3) is 0 Å². The average Bonchev–Trinajstić information content (AvgIpc) is 2.52. The Labute approximate surface area is 156 Å². The monoisotopic (exact) mass is 405 g/mol. The third kappa shape index (κ3) is 7.16. The van der Waals surface area contributed by atoms with Crippen LogP contribution in [-0.4, -0.2) is 39.9 Å². The van der Waals surface area contributed by atoms with E-state index in [2.05, 4.69) is 6.58 Å². The lowest BCUT2D eigenvalue weighted by molar-refractivity contribution is 0.126. The highest BCUT2D eigenvalue weighted by Gasteiger charge is 2.29. The van der Waals surface area contributed by atoms with Crippen LogP contribution in [0.4, 0.5) is 0 Å². The molecule has 0 aliphatic rings. The Morgan fingerprint density at radius 2 is 1.81 bits per heavy atom. The van der Waals surface area contributed by atoms with Crippen LogP contribution in [0.3, 0.4) is 0 Å². The molecule has 0 fully saturated rings. The van der Waals surface area contributed by atoms with Crippen LogP contribution < -0.4 is 5.14 Å². The molecule has 0 saturated carbocycles. The highest BCUT2D eigenvalue weighted by atomic mass is 32.2. The minimum absolute atomic E-state index is 0.0274. The van der Waals surface area contributed by atoms with Crippen molar-refractivity contribution in [3.8, 4) is 0 Å². The van der Waals surface area contributed by atoms with Gasteiger partial charge in [-0.2, -0.15) is 8.42 Å². The summed E-state index contributed by atoms with van der Waals surface area (Å²) >= 11 is 0. The third-order valence-corrected chi connectivity index (χ3v) is 6.93. The molecule has 3 atom stereocenters. The van der Waals surface area contributed by atoms with Gasteiger partial charge in [0.15, 0.2) is 0 Å². The molecule has 0 saturated heterocycles. The van der Waals surface area contributed by atoms with Gasteiger partial charge in [0.25, 0.3) is 10.1 Å². The predicted octanol–water partition coefficient (Wildman–Crippen LogP) is 1.71. The molecule has 3 unspecified atom stereocenters. The lowest BCUT2D eigenvalue weighted by Crippen LogP contribution is -2.37. The maximum Gasteiger partial charge on any atom is 0.296 e. The molecule has 0 heterocycles. The number of benzene rings is 1. The van der Waals surface area contributed by atoms with Gasteiger partial charge in [-0.25, -0.2) is 13.6 Å². The number of hydrogen-bond donors (Lipinski definition) is 2. The normalized spacial score (nSPS) is 16.0. The number of hydrogen-bond acceptors (Lipinski definition) is 6. The summed E-state index contributed by atoms with van der Waals surface area (Å²) in [7, 11) is -7.77. The number of allylic oxidation sites excluding steroid dienone is 1. The first-order chi connectivity index (χ1) is 12.0. The second-order valence-corrected chi connectivity index (χ2v) is 9.80. The van der Waals surface area contributed by atoms with Crippen molar-refractivity contribution < 1.29 is 26.1 Å². The van der Waals surface area contributed by atoms with E-state index < -0.39 is 31.5 Å². The van der Waals surface area contributed by atoms with Gasteiger partial charge in [-0.3, -0.25) is 4.18 Å². The number of nitrogens with two attached hydrogens (primary N) is 1. The Hall–Kier alpha value is -1.26. The van der Waals surface area contributed by atoms with Crippen molar-refractivity contribution in [2.75, 3.05) is 6.61 Å². The smallest absolute Gasteiger partial charge is 0.296 e. The molecule has 3 N–H and O–H groups in total. The van der Waals surface area contributed by atoms with E-state index in [0.29, 0.717) is 6.42 Å². The highest BCUT2D eigenvalue weighted by Crippen LogP contribution is 2.21. The summed E-state index contributed by atoms with van der Waals surface area (Å²) in [4.78, 5) is 0.0274. The number of aryl methyl sites for hydroxylation is 1. The second-order valence-electron chi connectivity index (χ2n) is 6.40. The van der Waals surface area contributed by atoms with Gasteiger partial charge in [-0.1, -0.05) is 30.7 Å². The first-order valence-electron chi connectivity index (χ1n) is 8.24. The van der Waals surface area contributed by atoms with Crippen LogP contribution >= 0.6 is 0 Å². The lowest BCUT2D eigenvalue weighted by atomic mass is 9.98. The van der Waals surface area contributed by atoms with Crippen LogP contribution in [0.2, 0.25) is 0 Å². The van der Waals surface area contributed by atoms with Crippen molar-refractivity contribution in [3.05, 3.63) is 42.5 Å². The van der Waals surface area contributed by atoms with Gasteiger partial charge in [-0.15, -0.1) is 6.58 Å². The van der Waals surface area contributed by atoms with Gasteiger partial charge in [0.05, 0.1) is 22.9 Å². The molecule has 1 aromatic carbocycles. The summed E-state index contributed by atoms with van der Waals surface area (Å²) in [6.45, 7) is 6.86. The second kappa shape index (κ2) is 9.61. The molecule has 0 aliphatic heterocycles. The van der Waals surface area contributed by atoms with E-state index in [1.54, 1.807) is 25.1 Å². The standard InChI is InChI=1S/C17H27NO6S2/c1-4-5-14(3)17(25(18,20)21)12-15(19)10-11-24-26(22,23)16-8-6-13(2)7-9-16/h4,6-9,14-15,17,19H,1,5,10-12H2,2-3H3,(H2,18,20,21). The summed E-state index contributed by atoms with van der Waals surface area (Å²) in [6, 6.07) is 6.19. The van der Waals surface area contributed by atoms with E-state index in [0.717, 1.165) is 5.56 Å². The molecule has 0 aromatic heterocycles. The fourth-order valence-electron chi connectivity index (χ4n) is 2.56. The average molecular weight is 406 g/mol. The van der Waals surface area contributed by atoms with Gasteiger partial charge in [-0.05, 0) is 44.2 Å². The molecule has 0 bridgehead atoms. The van der Waals surface area contributed by atoms with Crippen LogP contribution in [0.1, 0.15) is 31.7 Å². The van der Waals surface area contributed by atoms with Gasteiger partial charge in [0, 0.05) is 0 Å². The van der Waals surface area contributed by atoms with Crippen molar-refractivity contribution in [2.24, 2.45) is 11.1 Å². The zero-order valence-electron chi connectivity index (χ0n) is 15.0. The fourth-order valence-corrected chi connectivity index (χ4v) is 4.73. The molecule has 1 rings (SSSR count). The third-order valence-electron chi connectivity index (χ3n) is 4.10. The zero-order valence-corrected chi connectivity index (χ0v) is 16.7. The summed E-state index contributed by atoms with van der Waals surface area (Å²) in [5, 5.41) is 14.4. The molecule has 26 heavy (non-hydrogen) atoms. The number of sulfonamides is 1. The van der Waals surface area contributed by atoms with E-state index in [-0.39, 0.29) is 30.3 Å². The van der Waals surface area contributed by atoms with Gasteiger partial charge >= 0.3 is 0 Å². The molecule has 0 amide bonds. The highest BCUT2D eigenvalue weighted by molar-refractivity contribution is 7.89. The topological polar surface area (TPSA) is 124 Å². The van der Waals surface area contributed by atoms with Crippen LogP contribution in [-0.2, 0) is 24.3 Å². The van der Waals surface area contributed by atoms with Crippen molar-refractivity contribution in [1.82, 2.24) is 0 Å². The van der Waals surface area contributed by atoms with Crippen LogP contribution in [0.15, 0.2) is 41.8 Å². The minimum Gasteiger partial charge on any atom is -0.393 e. The maximum absolute atomic E-state index is 12.1. The van der Waals surface area contributed by atoms with Crippen LogP contribution in [0.5, 0.6) is 0 Å². The Balaban J connectivity index is 2.63. The SMILES string of the molecule is C=CCC(C)C(CC(O)CCOS(=O)(=O)c1ccc(C)cc1)S(N)(=O)=O. The summed E-state index contributed by atoms with van der Waals surface area (Å²) in [5.74, 6) is -0.311. The molecule has 0 spiro atoms. The molecule has 148 valence electrons. The Morgan fingerprint density at radius 1 is 1.23 bits per heavy atom. The minimum atomic E-state index is -3.92. The van der Waals surface area contributed by atoms with Crippen molar-refractivity contribution in [2.45, 2.75) is 49.4 Å².